The molecule has 0 aromatic heterocycles. The number of esters is 1. The van der Waals surface area contributed by atoms with Crippen molar-refractivity contribution in [1.82, 2.24) is 4.90 Å². The maximum Gasteiger partial charge on any atom is 0.310 e. The number of carbonyl (C=O) groups excluding carboxylic acids is 3. The van der Waals surface area contributed by atoms with Gasteiger partial charge < -0.3 is 19.6 Å². The molecule has 10 heteroatoms. The van der Waals surface area contributed by atoms with Crippen molar-refractivity contribution in [2.75, 3.05) is 31.2 Å². The summed E-state index contributed by atoms with van der Waals surface area (Å²) in [6.07, 6.45) is 4.26. The Morgan fingerprint density at radius 3 is 2.78 bits per heavy atom. The summed E-state index contributed by atoms with van der Waals surface area (Å²) in [7, 11) is 0. The summed E-state index contributed by atoms with van der Waals surface area (Å²) < 4.78 is 4.65. The highest BCUT2D eigenvalue weighted by Crippen LogP contribution is 2.68. The van der Waals surface area contributed by atoms with Crippen LogP contribution in [0.3, 0.4) is 0 Å². The van der Waals surface area contributed by atoms with Crippen LogP contribution in [0, 0.1) is 11.8 Å². The molecule has 0 radical (unpaired) electrons. The smallest absolute Gasteiger partial charge is 0.310 e. The summed E-state index contributed by atoms with van der Waals surface area (Å²) in [5, 5.41) is 9.50. The van der Waals surface area contributed by atoms with Crippen molar-refractivity contribution >= 4 is 62.8 Å². The first-order chi connectivity index (χ1) is 17.3. The summed E-state index contributed by atoms with van der Waals surface area (Å²) in [5.74, 6) is -1.99. The van der Waals surface area contributed by atoms with Gasteiger partial charge in [-0.2, -0.15) is 0 Å². The van der Waals surface area contributed by atoms with E-state index in [1.54, 1.807) is 52.8 Å². The van der Waals surface area contributed by atoms with Crippen LogP contribution in [0.1, 0.15) is 32.6 Å². The second-order valence-electron chi connectivity index (χ2n) is 9.42. The van der Waals surface area contributed by atoms with Gasteiger partial charge in [0.25, 0.3) is 5.91 Å². The number of carbonyl (C=O) groups is 3. The number of unbranched alkanes of at least 4 members (excludes halogenated alkanes) is 2. The number of likely N-dealkylation sites (tertiary alicyclic amines) is 1. The van der Waals surface area contributed by atoms with Crippen LogP contribution in [0.25, 0.3) is 0 Å². The molecule has 1 aromatic carbocycles. The Bertz CT molecular complexity index is 1030. The number of anilines is 1. The number of fused-ring (bicyclic) bond motifs is 1. The number of aliphatic hydroxyl groups is 1. The lowest BCUT2D eigenvalue weighted by Crippen LogP contribution is -2.55. The first-order valence-corrected chi connectivity index (χ1v) is 14.6. The number of halogens is 2. The molecule has 3 aliphatic rings. The molecule has 2 bridgehead atoms. The second-order valence-corrected chi connectivity index (χ2v) is 12.5. The van der Waals surface area contributed by atoms with Gasteiger partial charge in [-0.25, -0.2) is 0 Å². The minimum atomic E-state index is -0.755. The van der Waals surface area contributed by atoms with Crippen LogP contribution in [-0.4, -0.2) is 75.0 Å². The second kappa shape index (κ2) is 11.5. The molecule has 7 nitrogen and oxygen atoms in total. The third-order valence-electron chi connectivity index (χ3n) is 7.36. The van der Waals surface area contributed by atoms with Crippen molar-refractivity contribution in [2.24, 2.45) is 11.8 Å². The highest BCUT2D eigenvalue weighted by atomic mass is 79.9. The summed E-state index contributed by atoms with van der Waals surface area (Å²) in [6, 6.07) is 6.39. The van der Waals surface area contributed by atoms with Gasteiger partial charge in [-0.1, -0.05) is 45.7 Å². The van der Waals surface area contributed by atoms with Gasteiger partial charge >= 0.3 is 5.97 Å². The van der Waals surface area contributed by atoms with E-state index >= 15 is 0 Å². The molecule has 3 unspecified atom stereocenters. The monoisotopic (exact) mass is 598 g/mol. The number of rotatable bonds is 11. The van der Waals surface area contributed by atoms with E-state index in [1.165, 1.54) is 0 Å². The van der Waals surface area contributed by atoms with Crippen LogP contribution in [0.15, 0.2) is 36.9 Å². The van der Waals surface area contributed by atoms with Crippen molar-refractivity contribution < 1.29 is 24.2 Å². The molecule has 1 aromatic rings. The minimum Gasteiger partial charge on any atom is -0.466 e. The Morgan fingerprint density at radius 1 is 1.36 bits per heavy atom. The van der Waals surface area contributed by atoms with E-state index in [4.69, 9.17) is 16.3 Å². The molecule has 0 saturated carbocycles. The van der Waals surface area contributed by atoms with Crippen LogP contribution >= 0.6 is 39.3 Å². The Balaban J connectivity index is 1.76. The van der Waals surface area contributed by atoms with Crippen molar-refractivity contribution in [2.45, 2.75) is 53.5 Å². The van der Waals surface area contributed by atoms with Crippen molar-refractivity contribution in [3.63, 3.8) is 0 Å². The van der Waals surface area contributed by atoms with Gasteiger partial charge in [-0.15, -0.1) is 18.3 Å². The Kier molecular flexibility index (Phi) is 8.75. The number of para-hydroxylation sites is 1. The Morgan fingerprint density at radius 2 is 2.11 bits per heavy atom. The normalized spacial score (nSPS) is 30.4. The van der Waals surface area contributed by atoms with Gasteiger partial charge in [0.2, 0.25) is 5.91 Å². The van der Waals surface area contributed by atoms with E-state index in [2.05, 4.69) is 22.5 Å². The molecule has 3 saturated heterocycles. The first kappa shape index (κ1) is 27.5. The molecule has 1 spiro atoms. The number of amides is 2. The SMILES string of the molecule is C=CCN(C(=O)C1N(CCCCCO)C(=O)[C@@H]2[C@H](C(=O)OCC)[C@H]3SC12CC3Br)c1ccccc1Cl. The molecule has 36 heavy (non-hydrogen) atoms. The number of hydrogen-bond acceptors (Lipinski definition) is 6. The minimum absolute atomic E-state index is 0.0150. The zero-order chi connectivity index (χ0) is 26.0. The number of aliphatic hydroxyl groups excluding tert-OH is 1. The van der Waals surface area contributed by atoms with E-state index in [1.807, 2.05) is 6.07 Å². The molecule has 6 atom stereocenters. The topological polar surface area (TPSA) is 87.2 Å². The average Bonchev–Trinajstić information content (AvgIpc) is 3.44. The number of thioether (sulfide) groups is 1. The predicted octanol–water partition coefficient (Wildman–Crippen LogP) is 4.05. The highest BCUT2D eigenvalue weighted by Gasteiger charge is 2.76. The fourth-order valence-electron chi connectivity index (χ4n) is 5.98. The number of benzene rings is 1. The van der Waals surface area contributed by atoms with Crippen LogP contribution in [0.4, 0.5) is 5.69 Å². The van der Waals surface area contributed by atoms with E-state index < -0.39 is 22.6 Å². The van der Waals surface area contributed by atoms with E-state index in [0.29, 0.717) is 36.5 Å². The Hall–Kier alpha value is -1.55. The molecule has 196 valence electrons. The molecule has 4 rings (SSSR count). The van der Waals surface area contributed by atoms with Gasteiger partial charge in [0, 0.05) is 29.8 Å². The van der Waals surface area contributed by atoms with Crippen LogP contribution in [-0.2, 0) is 19.1 Å². The van der Waals surface area contributed by atoms with Crippen LogP contribution in [0.5, 0.6) is 0 Å². The third-order valence-corrected chi connectivity index (χ3v) is 10.9. The van der Waals surface area contributed by atoms with Gasteiger partial charge in [-0.05, 0) is 44.7 Å². The molecular formula is C26H32BrClN2O5S. The van der Waals surface area contributed by atoms with Crippen LogP contribution in [0.2, 0.25) is 5.02 Å². The third kappa shape index (κ3) is 4.61. The molecule has 0 aliphatic carbocycles. The molecule has 2 amide bonds. The number of alkyl halides is 1. The van der Waals surface area contributed by atoms with Gasteiger partial charge in [-0.3, -0.25) is 14.4 Å². The quantitative estimate of drug-likeness (QED) is 0.179. The maximum atomic E-state index is 14.4. The summed E-state index contributed by atoms with van der Waals surface area (Å²) in [4.78, 5) is 44.7. The maximum absolute atomic E-state index is 14.4. The summed E-state index contributed by atoms with van der Waals surface area (Å²) >= 11 is 11.8. The van der Waals surface area contributed by atoms with Gasteiger partial charge in [0.05, 0.1) is 33.9 Å². The van der Waals surface area contributed by atoms with Crippen molar-refractivity contribution in [1.29, 1.82) is 0 Å². The lowest BCUT2D eigenvalue weighted by Gasteiger charge is -2.38. The number of hydrogen-bond donors (Lipinski definition) is 1. The molecule has 3 aliphatic heterocycles. The highest BCUT2D eigenvalue weighted by molar-refractivity contribution is 9.09. The van der Waals surface area contributed by atoms with Crippen LogP contribution < -0.4 is 4.90 Å². The van der Waals surface area contributed by atoms with E-state index in [9.17, 15) is 19.5 Å². The first-order valence-electron chi connectivity index (χ1n) is 12.4. The van der Waals surface area contributed by atoms with E-state index in [-0.39, 0.29) is 47.6 Å². The summed E-state index contributed by atoms with van der Waals surface area (Å²) in [5.41, 5.74) is 0.562. The molecule has 1 N–H and O–H groups in total. The average molecular weight is 600 g/mol. The van der Waals surface area contributed by atoms with E-state index in [0.717, 1.165) is 6.42 Å². The standard InChI is InChI=1S/C26H32BrClN2O5S/c1-3-12-29(18-11-7-6-10-17(18)28)24(33)22-26-15-16(27)21(36-26)19(25(34)35-4-2)20(26)23(32)30(22)13-8-5-9-14-31/h3,6-7,10-11,16,19-22,31H,1,4-5,8-9,12-15H2,2H3/t16?,19-,20-,21-,22?,26?/m0/s1. The molecule has 3 heterocycles. The fourth-order valence-corrected chi connectivity index (χ4v) is 9.81. The predicted molar refractivity (Wildman–Crippen MR) is 145 cm³/mol. The molecule has 3 fully saturated rings. The number of nitrogens with zero attached hydrogens (tertiary/aromatic N) is 2. The van der Waals surface area contributed by atoms with Crippen molar-refractivity contribution in [3.05, 3.63) is 41.9 Å². The lowest BCUT2D eigenvalue weighted by atomic mass is 9.71. The number of ether oxygens (including phenoxy) is 1. The van der Waals surface area contributed by atoms with Gasteiger partial charge in [0.1, 0.15) is 6.04 Å². The summed E-state index contributed by atoms with van der Waals surface area (Å²) in [6.45, 7) is 6.52. The fraction of sp³-hybridized carbons (Fsp3) is 0.577. The largest absolute Gasteiger partial charge is 0.466 e. The lowest BCUT2D eigenvalue weighted by molar-refractivity contribution is -0.153. The Labute approximate surface area is 229 Å². The zero-order valence-electron chi connectivity index (χ0n) is 20.3. The molecular weight excluding hydrogens is 568 g/mol. The zero-order valence-corrected chi connectivity index (χ0v) is 23.4. The van der Waals surface area contributed by atoms with Gasteiger partial charge in [0.15, 0.2) is 0 Å². The van der Waals surface area contributed by atoms with Crippen molar-refractivity contribution in [3.8, 4) is 0 Å².